The van der Waals surface area contributed by atoms with Crippen LogP contribution >= 0.6 is 23.4 Å². The van der Waals surface area contributed by atoms with Crippen LogP contribution in [0.4, 0.5) is 5.69 Å². The van der Waals surface area contributed by atoms with Gasteiger partial charge in [-0.2, -0.15) is 5.10 Å². The van der Waals surface area contributed by atoms with E-state index in [0.717, 1.165) is 22.2 Å². The lowest BCUT2D eigenvalue weighted by Crippen LogP contribution is -2.25. The van der Waals surface area contributed by atoms with Crippen LogP contribution in [-0.4, -0.2) is 16.6 Å². The van der Waals surface area contributed by atoms with Crippen molar-refractivity contribution in [2.24, 2.45) is 10.1 Å². The number of thioether (sulfide) groups is 1. The van der Waals surface area contributed by atoms with Gasteiger partial charge >= 0.3 is 0 Å². The fraction of sp³-hybridized carbons (Fsp3) is 0.143. The van der Waals surface area contributed by atoms with Crippen LogP contribution in [0.1, 0.15) is 11.3 Å². The molecule has 1 aromatic carbocycles. The van der Waals surface area contributed by atoms with E-state index < -0.39 is 0 Å². The fourth-order valence-electron chi connectivity index (χ4n) is 1.88. The standard InChI is InChI=1S/C14H12ClN4O2S/c15-11-4-3-9(6-12(11)19-20)13-8-22-14(18-17-13)16-7-10-2-1-5-21-10/h1-6,19H,7-8H2,(H,16,18)/q-1. The first-order valence-corrected chi connectivity index (χ1v) is 7.83. The molecule has 22 heavy (non-hydrogen) atoms. The second-order valence-corrected chi connectivity index (χ2v) is 5.83. The Hall–Kier alpha value is -1.96. The first kappa shape index (κ1) is 15.0. The van der Waals surface area contributed by atoms with Gasteiger partial charge in [0.15, 0.2) is 5.17 Å². The maximum Gasteiger partial charge on any atom is 0.177 e. The van der Waals surface area contributed by atoms with Gasteiger partial charge in [0.05, 0.1) is 23.5 Å². The van der Waals surface area contributed by atoms with Crippen LogP contribution in [0.25, 0.3) is 0 Å². The summed E-state index contributed by atoms with van der Waals surface area (Å²) in [4.78, 5) is 4.39. The number of furan rings is 1. The molecule has 114 valence electrons. The third-order valence-electron chi connectivity index (χ3n) is 3.00. The minimum atomic E-state index is 0.337. The maximum absolute atomic E-state index is 10.8. The lowest BCUT2D eigenvalue weighted by atomic mass is 10.1. The number of aliphatic imine (C=N–C) groups is 1. The highest BCUT2D eigenvalue weighted by molar-refractivity contribution is 8.14. The van der Waals surface area contributed by atoms with Crippen molar-refractivity contribution in [1.29, 1.82) is 0 Å². The molecular formula is C14H12ClN4O2S-. The van der Waals surface area contributed by atoms with Crippen LogP contribution in [0, 0.1) is 5.21 Å². The van der Waals surface area contributed by atoms with Gasteiger partial charge in [-0.05, 0) is 24.3 Å². The molecule has 2 heterocycles. The number of hydrogen-bond donors (Lipinski definition) is 2. The number of hydrazone groups is 1. The molecule has 3 rings (SSSR count). The van der Waals surface area contributed by atoms with Crippen molar-refractivity contribution in [3.05, 3.63) is 58.1 Å². The van der Waals surface area contributed by atoms with Crippen LogP contribution in [0.5, 0.6) is 0 Å². The van der Waals surface area contributed by atoms with E-state index in [2.05, 4.69) is 15.5 Å². The van der Waals surface area contributed by atoms with E-state index in [9.17, 15) is 5.21 Å². The monoisotopic (exact) mass is 335 g/mol. The Morgan fingerprint density at radius 1 is 1.45 bits per heavy atom. The number of nitrogens with zero attached hydrogens (tertiary/aromatic N) is 2. The molecule has 0 bridgehead atoms. The van der Waals surface area contributed by atoms with Crippen molar-refractivity contribution in [1.82, 2.24) is 5.43 Å². The Labute approximate surface area is 136 Å². The molecule has 0 amide bonds. The largest absolute Gasteiger partial charge is 0.761 e. The molecule has 0 unspecified atom stereocenters. The van der Waals surface area contributed by atoms with Gasteiger partial charge in [0.1, 0.15) is 5.76 Å². The predicted molar refractivity (Wildman–Crippen MR) is 90.4 cm³/mol. The molecular weight excluding hydrogens is 324 g/mol. The van der Waals surface area contributed by atoms with Gasteiger partial charge in [0.25, 0.3) is 0 Å². The smallest absolute Gasteiger partial charge is 0.177 e. The molecule has 1 aromatic heterocycles. The number of hydrogen-bond acceptors (Lipinski definition) is 6. The Morgan fingerprint density at radius 3 is 3.05 bits per heavy atom. The van der Waals surface area contributed by atoms with E-state index in [1.807, 2.05) is 23.7 Å². The van der Waals surface area contributed by atoms with E-state index in [-0.39, 0.29) is 0 Å². The first-order chi connectivity index (χ1) is 10.8. The Balaban J connectivity index is 1.69. The molecule has 0 atom stereocenters. The molecule has 0 aliphatic carbocycles. The first-order valence-electron chi connectivity index (χ1n) is 6.46. The highest BCUT2D eigenvalue weighted by Gasteiger charge is 2.14. The van der Waals surface area contributed by atoms with E-state index in [0.29, 0.717) is 23.0 Å². The fourth-order valence-corrected chi connectivity index (χ4v) is 2.81. The lowest BCUT2D eigenvalue weighted by molar-refractivity contribution is 0.512. The summed E-state index contributed by atoms with van der Waals surface area (Å²) in [6, 6.07) is 8.88. The number of halogens is 1. The van der Waals surface area contributed by atoms with Crippen LogP contribution in [-0.2, 0) is 6.54 Å². The highest BCUT2D eigenvalue weighted by Crippen LogP contribution is 2.24. The number of rotatable bonds is 4. The van der Waals surface area contributed by atoms with Gasteiger partial charge in [-0.3, -0.25) is 10.4 Å². The van der Waals surface area contributed by atoms with Crippen molar-refractivity contribution < 1.29 is 4.42 Å². The quantitative estimate of drug-likeness (QED) is 0.836. The zero-order chi connectivity index (χ0) is 15.4. The Morgan fingerprint density at radius 2 is 2.36 bits per heavy atom. The summed E-state index contributed by atoms with van der Waals surface area (Å²) in [6.45, 7) is 0.471. The summed E-state index contributed by atoms with van der Waals surface area (Å²) in [5.41, 5.74) is 6.74. The summed E-state index contributed by atoms with van der Waals surface area (Å²) in [5, 5.41) is 16.2. The number of benzene rings is 1. The average Bonchev–Trinajstić information content (AvgIpc) is 3.07. The molecule has 8 heteroatoms. The third-order valence-corrected chi connectivity index (χ3v) is 4.24. The van der Waals surface area contributed by atoms with Gasteiger partial charge in [0.2, 0.25) is 0 Å². The van der Waals surface area contributed by atoms with Crippen LogP contribution in [0.3, 0.4) is 0 Å². The van der Waals surface area contributed by atoms with E-state index in [1.54, 1.807) is 30.2 Å². The lowest BCUT2D eigenvalue weighted by Gasteiger charge is -2.17. The molecule has 1 aliphatic rings. The Bertz CT molecular complexity index is 716. The Kier molecular flexibility index (Phi) is 4.67. The van der Waals surface area contributed by atoms with E-state index >= 15 is 0 Å². The van der Waals surface area contributed by atoms with Gasteiger partial charge in [0, 0.05) is 17.0 Å². The van der Waals surface area contributed by atoms with E-state index in [4.69, 9.17) is 16.0 Å². The van der Waals surface area contributed by atoms with Crippen molar-refractivity contribution in [2.45, 2.75) is 6.54 Å². The van der Waals surface area contributed by atoms with Crippen molar-refractivity contribution in [2.75, 3.05) is 11.2 Å². The third kappa shape index (κ3) is 3.44. The summed E-state index contributed by atoms with van der Waals surface area (Å²) < 4.78 is 5.22. The number of anilines is 1. The molecule has 0 saturated heterocycles. The molecule has 6 nitrogen and oxygen atoms in total. The van der Waals surface area contributed by atoms with Crippen molar-refractivity contribution in [3.63, 3.8) is 0 Å². The molecule has 2 aromatic rings. The van der Waals surface area contributed by atoms with Crippen molar-refractivity contribution >= 4 is 39.9 Å². The SMILES string of the molecule is [O-]Nc1cc(C2=NNC(=NCc3ccco3)SC2)ccc1Cl. The van der Waals surface area contributed by atoms with Gasteiger partial charge in [-0.25, -0.2) is 0 Å². The van der Waals surface area contributed by atoms with Gasteiger partial charge in [-0.1, -0.05) is 29.4 Å². The summed E-state index contributed by atoms with van der Waals surface area (Å²) >= 11 is 7.44. The molecule has 0 spiro atoms. The molecule has 2 N–H and O–H groups in total. The average molecular weight is 336 g/mol. The summed E-state index contributed by atoms with van der Waals surface area (Å²) in [7, 11) is 0. The van der Waals surface area contributed by atoms with Crippen LogP contribution in [0.15, 0.2) is 51.1 Å². The second-order valence-electron chi connectivity index (χ2n) is 4.46. The van der Waals surface area contributed by atoms with Crippen LogP contribution < -0.4 is 10.9 Å². The number of nitrogens with one attached hydrogen (secondary N) is 2. The van der Waals surface area contributed by atoms with E-state index in [1.165, 1.54) is 0 Å². The molecule has 0 radical (unpaired) electrons. The highest BCUT2D eigenvalue weighted by atomic mass is 35.5. The minimum Gasteiger partial charge on any atom is -0.761 e. The molecule has 0 saturated carbocycles. The summed E-state index contributed by atoms with van der Waals surface area (Å²) in [6.07, 6.45) is 1.62. The summed E-state index contributed by atoms with van der Waals surface area (Å²) in [5.74, 6) is 1.46. The number of amidine groups is 1. The second kappa shape index (κ2) is 6.87. The maximum atomic E-state index is 10.8. The topological polar surface area (TPSA) is 85.0 Å². The molecule has 1 aliphatic heterocycles. The normalized spacial score (nSPS) is 16.3. The van der Waals surface area contributed by atoms with Gasteiger partial charge in [-0.15, -0.1) is 0 Å². The van der Waals surface area contributed by atoms with Crippen LogP contribution in [0.2, 0.25) is 5.02 Å². The minimum absolute atomic E-state index is 0.337. The zero-order valence-electron chi connectivity index (χ0n) is 11.4. The predicted octanol–water partition coefficient (Wildman–Crippen LogP) is 3.44. The zero-order valence-corrected chi connectivity index (χ0v) is 12.9. The van der Waals surface area contributed by atoms with Gasteiger partial charge < -0.3 is 15.1 Å². The van der Waals surface area contributed by atoms with Crippen molar-refractivity contribution in [3.8, 4) is 0 Å². The molecule has 0 fully saturated rings.